The maximum atomic E-state index is 0. The molecule has 33 valence electrons. The second kappa shape index (κ2) is 35.2. The molecule has 0 saturated heterocycles. The number of hydrogen-bond donors (Lipinski definition) is 0. The molecule has 0 heterocycles. The van der Waals surface area contributed by atoms with Gasteiger partial charge in [-0.25, -0.2) is 0 Å². The summed E-state index contributed by atoms with van der Waals surface area (Å²) in [5.41, 5.74) is 0. The first-order valence-electron chi connectivity index (χ1n) is 0. The zero-order valence-corrected chi connectivity index (χ0v) is 13.9. The molecule has 0 fully saturated rings. The predicted octanol–water partition coefficient (Wildman–Crippen LogP) is -5.78. The first-order chi connectivity index (χ1) is 0. The largest absolute Gasteiger partial charge is 1.00 e. The van der Waals surface area contributed by atoms with Crippen LogP contribution in [0, 0.1) is 0 Å². The number of rotatable bonds is 0. The van der Waals surface area contributed by atoms with Crippen LogP contribution >= 0.6 is 0 Å². The Bertz CT molecular complexity index is 20.0. The maximum Gasteiger partial charge on any atom is 1.00 e. The molecule has 6 heteroatoms. The van der Waals surface area contributed by atoms with Crippen LogP contribution < -0.4 is 59.1 Å². The first kappa shape index (κ1) is 49.2. The van der Waals surface area contributed by atoms with Gasteiger partial charge in [0.15, 0.2) is 0 Å². The first-order valence-corrected chi connectivity index (χ1v) is 0. The van der Waals surface area contributed by atoms with Crippen LogP contribution in [-0.2, 0) is 70.4 Å². The fourth-order valence-corrected chi connectivity index (χ4v) is 0. The van der Waals surface area contributed by atoms with Crippen molar-refractivity contribution in [2.45, 2.75) is 0 Å². The molecule has 0 unspecified atom stereocenters. The third kappa shape index (κ3) is 24.2. The summed E-state index contributed by atoms with van der Waals surface area (Å²) in [6, 6.07) is 0. The molecule has 0 bridgehead atoms. The fraction of sp³-hybridized carbons (Fsp3) is 0. The fourth-order valence-electron chi connectivity index (χ4n) is 0. The monoisotopic (exact) mass is 285 g/mol. The van der Waals surface area contributed by atoms with Gasteiger partial charge in [0, 0.05) is 70.4 Å². The Hall–Kier alpha value is 4.17. The van der Waals surface area contributed by atoms with Gasteiger partial charge in [0.05, 0.1) is 0 Å². The van der Waals surface area contributed by atoms with Crippen LogP contribution in [-0.4, -0.2) is 0 Å². The van der Waals surface area contributed by atoms with Gasteiger partial charge in [-0.2, -0.15) is 0 Å². The Morgan fingerprint density at radius 1 is 1.00 bits per heavy atom. The average molecular weight is 288 g/mol. The molecule has 0 aromatic carbocycles. The average Bonchev–Trinajstić information content (AvgIpc) is 0. The van der Waals surface area contributed by atoms with E-state index in [9.17, 15) is 0 Å². The van der Waals surface area contributed by atoms with Gasteiger partial charge in [0.25, 0.3) is 0 Å². The molecule has 0 saturated carbocycles. The van der Waals surface area contributed by atoms with Crippen molar-refractivity contribution in [2.24, 2.45) is 0 Å². The summed E-state index contributed by atoms with van der Waals surface area (Å²) in [6.45, 7) is 0. The Labute approximate surface area is 130 Å². The van der Waals surface area contributed by atoms with Crippen molar-refractivity contribution < 1.29 is 132 Å². The van der Waals surface area contributed by atoms with Crippen LogP contribution in [0.5, 0.6) is 0 Å². The Balaban J connectivity index is 0. The van der Waals surface area contributed by atoms with Crippen molar-refractivity contribution in [1.29, 1.82) is 0 Å². The zero-order chi connectivity index (χ0) is 0. The maximum absolute atomic E-state index is 0. The molecule has 0 aliphatic rings. The van der Waals surface area contributed by atoms with Gasteiger partial charge in [-0.15, -0.1) is 0 Å². The van der Waals surface area contributed by atoms with Gasteiger partial charge in [0.1, 0.15) is 0 Å². The van der Waals surface area contributed by atoms with E-state index in [1.807, 2.05) is 0 Å². The quantitative estimate of drug-likeness (QED) is 0.390. The van der Waals surface area contributed by atoms with Crippen LogP contribution in [0.4, 0.5) is 0 Å². The van der Waals surface area contributed by atoms with Gasteiger partial charge in [-0.05, 0) is 0 Å². The molecule has 0 nitrogen and oxygen atoms in total. The summed E-state index contributed by atoms with van der Waals surface area (Å²) in [5.74, 6) is 0. The summed E-state index contributed by atoms with van der Waals surface area (Å²) >= 11 is 0. The van der Waals surface area contributed by atoms with Crippen molar-refractivity contribution in [1.82, 2.24) is 0 Å². The molecule has 0 aromatic heterocycles. The van der Waals surface area contributed by atoms with Crippen molar-refractivity contribution >= 4 is 0 Å². The second-order valence-corrected chi connectivity index (χ2v) is 0. The zero-order valence-electron chi connectivity index (χ0n) is 5.73. The molecule has 0 aliphatic heterocycles. The minimum atomic E-state index is 0. The van der Waals surface area contributed by atoms with Crippen LogP contribution in [0.3, 0.4) is 0 Å². The second-order valence-electron chi connectivity index (χ2n) is 0. The molecule has 0 atom stereocenters. The van der Waals surface area contributed by atoms with E-state index in [0.717, 1.165) is 0 Å². The van der Waals surface area contributed by atoms with Crippen molar-refractivity contribution in [2.75, 3.05) is 0 Å². The smallest absolute Gasteiger partial charge is 1.00 e. The van der Waals surface area contributed by atoms with Crippen LogP contribution in [0.15, 0.2) is 0 Å². The van der Waals surface area contributed by atoms with E-state index < -0.39 is 0 Å². The van der Waals surface area contributed by atoms with E-state index in [1.165, 1.54) is 0 Å². The van der Waals surface area contributed by atoms with Gasteiger partial charge in [-0.1, -0.05) is 0 Å². The van der Waals surface area contributed by atoms with Gasteiger partial charge in [-0.3, -0.25) is 0 Å². The third-order valence-corrected chi connectivity index (χ3v) is 0. The van der Waals surface area contributed by atoms with Crippen LogP contribution in [0.2, 0.25) is 0 Å². The van der Waals surface area contributed by atoms with Crippen molar-refractivity contribution in [3.63, 3.8) is 0 Å². The standard InChI is InChI=1S/Cr.Cu.2Na.Ni.Zn.2H/q;;2*+1;;;2*-1. The minimum absolute atomic E-state index is 0. The summed E-state index contributed by atoms with van der Waals surface area (Å²) < 4.78 is 0. The van der Waals surface area contributed by atoms with E-state index in [1.54, 1.807) is 0 Å². The molecule has 0 spiro atoms. The van der Waals surface area contributed by atoms with Crippen LogP contribution in [0.25, 0.3) is 0 Å². The van der Waals surface area contributed by atoms with Gasteiger partial charge >= 0.3 is 59.1 Å². The molecule has 0 amide bonds. The topological polar surface area (TPSA) is 0 Å². The predicted molar refractivity (Wildman–Crippen MR) is 2.22 cm³/mol. The van der Waals surface area contributed by atoms with Crippen LogP contribution in [0.1, 0.15) is 2.85 Å². The SMILES string of the molecule is [Cr].[Cu].[H-].[H-].[Na+].[Na+].[Ni].[Zn]. The van der Waals surface area contributed by atoms with E-state index in [0.29, 0.717) is 0 Å². The molecular formula is H2CrCuNa2NiZn. The molecule has 6 heavy (non-hydrogen) atoms. The normalized spacial score (nSPS) is 0. The molecule has 0 aliphatic carbocycles. The molecular weight excluding hydrogens is 286 g/mol. The van der Waals surface area contributed by atoms with E-state index in [-0.39, 0.29) is 132 Å². The van der Waals surface area contributed by atoms with E-state index in [4.69, 9.17) is 0 Å². The van der Waals surface area contributed by atoms with Gasteiger partial charge < -0.3 is 2.85 Å². The molecule has 0 rings (SSSR count). The van der Waals surface area contributed by atoms with Crippen molar-refractivity contribution in [3.8, 4) is 0 Å². The van der Waals surface area contributed by atoms with E-state index in [2.05, 4.69) is 0 Å². The Kier molecular flexibility index (Phi) is 289. The summed E-state index contributed by atoms with van der Waals surface area (Å²) in [6.07, 6.45) is 0. The number of hydrogen-bond acceptors (Lipinski definition) is 0. The summed E-state index contributed by atoms with van der Waals surface area (Å²) in [4.78, 5) is 0. The van der Waals surface area contributed by atoms with Crippen molar-refractivity contribution in [3.05, 3.63) is 0 Å². The minimum Gasteiger partial charge on any atom is -1.00 e. The van der Waals surface area contributed by atoms with Gasteiger partial charge in [0.2, 0.25) is 0 Å². The molecule has 0 N–H and O–H groups in total. The Morgan fingerprint density at radius 2 is 1.00 bits per heavy atom. The summed E-state index contributed by atoms with van der Waals surface area (Å²) in [5, 5.41) is 0. The summed E-state index contributed by atoms with van der Waals surface area (Å²) in [7, 11) is 0. The third-order valence-electron chi connectivity index (χ3n) is 0. The molecule has 0 aromatic rings. The Morgan fingerprint density at radius 3 is 1.00 bits per heavy atom. The molecule has 1 radical (unpaired) electrons. The van der Waals surface area contributed by atoms with E-state index >= 15 is 0 Å².